The standard InChI is InChI=1S/C29H29N3O4/c1-20-23(8-9-24-25(20)18-35-28(24)34)26(33)17-32-13-11-29(12-14-32,22-5-3-2-4-6-22)19-36-27-10-7-21(15-30)16-31-27/h2-10,16,26,33H,11-14,17-19H2,1H3/t26-/m0/s1. The molecule has 3 aromatic rings. The zero-order valence-corrected chi connectivity index (χ0v) is 20.3. The first-order chi connectivity index (χ1) is 17.5. The van der Waals surface area contributed by atoms with E-state index in [1.807, 2.05) is 19.1 Å². The fourth-order valence-electron chi connectivity index (χ4n) is 5.29. The molecule has 0 unspecified atom stereocenters. The summed E-state index contributed by atoms with van der Waals surface area (Å²) in [7, 11) is 0. The summed E-state index contributed by atoms with van der Waals surface area (Å²) in [4.78, 5) is 18.4. The third-order valence-electron chi connectivity index (χ3n) is 7.56. The van der Waals surface area contributed by atoms with Crippen molar-refractivity contribution >= 4 is 5.97 Å². The summed E-state index contributed by atoms with van der Waals surface area (Å²) in [5, 5.41) is 20.1. The summed E-state index contributed by atoms with van der Waals surface area (Å²) in [6.45, 7) is 4.88. The fraction of sp³-hybridized carbons (Fsp3) is 0.345. The van der Waals surface area contributed by atoms with Crippen molar-refractivity contribution in [1.82, 2.24) is 9.88 Å². The predicted octanol–water partition coefficient (Wildman–Crippen LogP) is 4.08. The zero-order chi connectivity index (χ0) is 25.1. The normalized spacial score (nSPS) is 17.6. The number of benzene rings is 2. The number of pyridine rings is 1. The predicted molar refractivity (Wildman–Crippen MR) is 133 cm³/mol. The lowest BCUT2D eigenvalue weighted by Crippen LogP contribution is -2.47. The summed E-state index contributed by atoms with van der Waals surface area (Å²) in [5.74, 6) is 0.220. The Bertz CT molecular complexity index is 1280. The third-order valence-corrected chi connectivity index (χ3v) is 7.56. The molecule has 2 aliphatic heterocycles. The lowest BCUT2D eigenvalue weighted by molar-refractivity contribution is 0.0535. The molecule has 0 amide bonds. The Morgan fingerprint density at radius 3 is 2.64 bits per heavy atom. The van der Waals surface area contributed by atoms with Crippen LogP contribution in [0.5, 0.6) is 5.88 Å². The molecule has 7 nitrogen and oxygen atoms in total. The Labute approximate surface area is 210 Å². The number of fused-ring (bicyclic) bond motifs is 1. The summed E-state index contributed by atoms with van der Waals surface area (Å²) in [6, 6.07) is 19.6. The van der Waals surface area contributed by atoms with E-state index in [1.54, 1.807) is 18.2 Å². The number of aromatic nitrogens is 1. The van der Waals surface area contributed by atoms with Crippen LogP contribution < -0.4 is 4.74 Å². The van der Waals surface area contributed by atoms with Crippen LogP contribution in [0, 0.1) is 18.3 Å². The molecule has 5 rings (SSSR count). The second-order valence-electron chi connectivity index (χ2n) is 9.63. The van der Waals surface area contributed by atoms with E-state index in [4.69, 9.17) is 14.7 Å². The number of ether oxygens (including phenoxy) is 2. The Morgan fingerprint density at radius 1 is 1.17 bits per heavy atom. The van der Waals surface area contributed by atoms with Gasteiger partial charge in [-0.25, -0.2) is 9.78 Å². The first kappa shape index (κ1) is 24.0. The number of hydrogen-bond acceptors (Lipinski definition) is 7. The molecule has 0 bridgehead atoms. The minimum atomic E-state index is -0.644. The van der Waals surface area contributed by atoms with Gasteiger partial charge in [-0.2, -0.15) is 5.26 Å². The zero-order valence-electron chi connectivity index (χ0n) is 20.3. The van der Waals surface area contributed by atoms with Crippen molar-refractivity contribution in [3.05, 3.63) is 94.2 Å². The van der Waals surface area contributed by atoms with Gasteiger partial charge in [0, 0.05) is 29.8 Å². The molecule has 184 valence electrons. The van der Waals surface area contributed by atoms with Crippen molar-refractivity contribution < 1.29 is 19.4 Å². The molecule has 1 fully saturated rings. The Hall–Kier alpha value is -3.73. The average molecular weight is 484 g/mol. The highest BCUT2D eigenvalue weighted by Crippen LogP contribution is 2.37. The molecule has 0 saturated carbocycles. The molecule has 1 aromatic heterocycles. The summed E-state index contributed by atoms with van der Waals surface area (Å²) < 4.78 is 11.3. The summed E-state index contributed by atoms with van der Waals surface area (Å²) in [6.07, 6.45) is 2.64. The van der Waals surface area contributed by atoms with E-state index in [1.165, 1.54) is 11.8 Å². The van der Waals surface area contributed by atoms with Gasteiger partial charge in [-0.05, 0) is 61.7 Å². The molecule has 0 radical (unpaired) electrons. The van der Waals surface area contributed by atoms with Gasteiger partial charge >= 0.3 is 5.97 Å². The number of nitrogens with zero attached hydrogens (tertiary/aromatic N) is 3. The van der Waals surface area contributed by atoms with E-state index >= 15 is 0 Å². The van der Waals surface area contributed by atoms with Crippen LogP contribution in [0.25, 0.3) is 0 Å². The minimum absolute atomic E-state index is 0.167. The van der Waals surface area contributed by atoms with E-state index < -0.39 is 6.10 Å². The smallest absolute Gasteiger partial charge is 0.338 e. The molecule has 1 atom stereocenters. The van der Waals surface area contributed by atoms with Gasteiger partial charge in [-0.3, -0.25) is 0 Å². The number of likely N-dealkylation sites (tertiary alicyclic amines) is 1. The number of cyclic esters (lactones) is 1. The van der Waals surface area contributed by atoms with Crippen molar-refractivity contribution in [3.8, 4) is 11.9 Å². The lowest BCUT2D eigenvalue weighted by Gasteiger charge is -2.42. The molecular weight excluding hydrogens is 454 g/mol. The van der Waals surface area contributed by atoms with Gasteiger partial charge in [0.25, 0.3) is 0 Å². The maximum absolute atomic E-state index is 11.8. The third kappa shape index (κ3) is 4.70. The van der Waals surface area contributed by atoms with Crippen molar-refractivity contribution in [1.29, 1.82) is 5.26 Å². The summed E-state index contributed by atoms with van der Waals surface area (Å²) >= 11 is 0. The topological polar surface area (TPSA) is 95.7 Å². The number of carbonyl (C=O) groups excluding carboxylic acids is 1. The molecule has 1 N–H and O–H groups in total. The van der Waals surface area contributed by atoms with Gasteiger partial charge in [0.1, 0.15) is 12.7 Å². The second-order valence-corrected chi connectivity index (χ2v) is 9.63. The molecule has 36 heavy (non-hydrogen) atoms. The Balaban J connectivity index is 1.27. The first-order valence-corrected chi connectivity index (χ1v) is 12.2. The van der Waals surface area contributed by atoms with Crippen LogP contribution in [0.2, 0.25) is 0 Å². The van der Waals surface area contributed by atoms with Crippen LogP contribution in [0.1, 0.15) is 57.1 Å². The number of piperidine rings is 1. The number of nitriles is 1. The van der Waals surface area contributed by atoms with Gasteiger partial charge < -0.3 is 19.5 Å². The van der Waals surface area contributed by atoms with Gasteiger partial charge in [-0.1, -0.05) is 36.4 Å². The van der Waals surface area contributed by atoms with Gasteiger partial charge in [-0.15, -0.1) is 0 Å². The van der Waals surface area contributed by atoms with Crippen LogP contribution in [-0.4, -0.2) is 47.2 Å². The monoisotopic (exact) mass is 483 g/mol. The van der Waals surface area contributed by atoms with Crippen LogP contribution in [0.3, 0.4) is 0 Å². The average Bonchev–Trinajstić information content (AvgIpc) is 3.31. The number of β-amino-alcohol motifs (C(OH)–C–C–N with tert-alkyl or cyclic N) is 1. The molecule has 0 aliphatic carbocycles. The number of esters is 1. The van der Waals surface area contributed by atoms with Gasteiger partial charge in [0.2, 0.25) is 5.88 Å². The first-order valence-electron chi connectivity index (χ1n) is 12.2. The number of carbonyl (C=O) groups is 1. The second kappa shape index (κ2) is 10.1. The number of aliphatic hydroxyl groups is 1. The van der Waals surface area contributed by atoms with Crippen LogP contribution in [0.15, 0.2) is 60.8 Å². The van der Waals surface area contributed by atoms with E-state index in [-0.39, 0.29) is 18.0 Å². The van der Waals surface area contributed by atoms with E-state index in [0.29, 0.717) is 30.2 Å². The highest BCUT2D eigenvalue weighted by Gasteiger charge is 2.38. The van der Waals surface area contributed by atoms with Gasteiger partial charge in [0.05, 0.1) is 23.8 Å². The van der Waals surface area contributed by atoms with Crippen molar-refractivity contribution in [2.24, 2.45) is 0 Å². The van der Waals surface area contributed by atoms with Crippen LogP contribution >= 0.6 is 0 Å². The summed E-state index contributed by atoms with van der Waals surface area (Å²) in [5.41, 5.74) is 4.84. The molecular formula is C29H29N3O4. The number of hydrogen-bond donors (Lipinski definition) is 1. The SMILES string of the molecule is Cc1c([C@@H](O)CN2CCC(COc3ccc(C#N)cn3)(c3ccccc3)CC2)ccc2c1COC2=O. The maximum Gasteiger partial charge on any atom is 0.338 e. The molecule has 2 aliphatic rings. The quantitative estimate of drug-likeness (QED) is 0.506. The van der Waals surface area contributed by atoms with E-state index in [0.717, 1.165) is 42.6 Å². The highest BCUT2D eigenvalue weighted by atomic mass is 16.5. The van der Waals surface area contributed by atoms with Crippen LogP contribution in [-0.2, 0) is 16.8 Å². The lowest BCUT2D eigenvalue weighted by atomic mass is 9.73. The molecule has 2 aromatic carbocycles. The highest BCUT2D eigenvalue weighted by molar-refractivity contribution is 5.93. The Morgan fingerprint density at radius 2 is 1.94 bits per heavy atom. The number of aliphatic hydroxyl groups excluding tert-OH is 1. The van der Waals surface area contributed by atoms with E-state index in [9.17, 15) is 9.90 Å². The molecule has 1 saturated heterocycles. The molecule has 3 heterocycles. The minimum Gasteiger partial charge on any atom is -0.477 e. The fourth-order valence-corrected chi connectivity index (χ4v) is 5.29. The van der Waals surface area contributed by atoms with Crippen LogP contribution in [0.4, 0.5) is 0 Å². The van der Waals surface area contributed by atoms with Crippen molar-refractivity contribution in [3.63, 3.8) is 0 Å². The van der Waals surface area contributed by atoms with Crippen molar-refractivity contribution in [2.45, 2.75) is 37.9 Å². The molecule has 0 spiro atoms. The number of rotatable bonds is 7. The Kier molecular flexibility index (Phi) is 6.73. The van der Waals surface area contributed by atoms with E-state index in [2.05, 4.69) is 40.2 Å². The van der Waals surface area contributed by atoms with Gasteiger partial charge in [0.15, 0.2) is 0 Å². The molecule has 7 heteroatoms. The van der Waals surface area contributed by atoms with Crippen molar-refractivity contribution in [2.75, 3.05) is 26.2 Å². The largest absolute Gasteiger partial charge is 0.477 e. The maximum atomic E-state index is 11.8.